The Morgan fingerprint density at radius 1 is 0.325 bits per heavy atom. The highest BCUT2D eigenvalue weighted by atomic mass is 15.1. The zero-order valence-electron chi connectivity index (χ0n) is 49.7. The van der Waals surface area contributed by atoms with Crippen LogP contribution in [0.25, 0.3) is 60.9 Å². The number of rotatable bonds is 23. The van der Waals surface area contributed by atoms with Gasteiger partial charge >= 0.3 is 0 Å². The van der Waals surface area contributed by atoms with Crippen LogP contribution in [0.4, 0.5) is 34.1 Å². The van der Waals surface area contributed by atoms with Crippen molar-refractivity contribution in [1.82, 2.24) is 4.57 Å². The molecule has 0 saturated heterocycles. The van der Waals surface area contributed by atoms with E-state index in [0.29, 0.717) is 0 Å². The van der Waals surface area contributed by atoms with Gasteiger partial charge in [0.1, 0.15) is 0 Å². The molecule has 12 rings (SSSR count). The third-order valence-electron chi connectivity index (χ3n) is 18.2. The fraction of sp³-hybridized carbons (Fsp3) is 0.250. The number of unbranched alkanes of at least 4 members (excludes halogenated alkanes) is 10. The van der Waals surface area contributed by atoms with Gasteiger partial charge in [-0.2, -0.15) is 0 Å². The third kappa shape index (κ3) is 11.3. The Morgan fingerprint density at radius 2 is 0.747 bits per heavy atom. The second-order valence-electron chi connectivity index (χ2n) is 23.7. The molecule has 3 nitrogen and oxygen atoms in total. The number of benzene rings is 10. The van der Waals surface area contributed by atoms with Gasteiger partial charge in [-0.25, -0.2) is 0 Å². The molecule has 0 N–H and O–H groups in total. The molecule has 10 aromatic carbocycles. The maximum atomic E-state index is 2.61. The SMILES string of the molecule is CCCCCCCCC1(CCCCCCCC)c2cc(-c3ccc(N(c4ccc(C)cc4)c4ccc(-c5ccc6c7ccccc7n(-c7ccc(N(c8ccccc8)c8ccccc8)cc7)c6c5)cc4)cc3)ccc2-c2cc(C)c(C)cc21. The minimum Gasteiger partial charge on any atom is -0.311 e. The predicted octanol–water partition coefficient (Wildman–Crippen LogP) is 23.8. The van der Waals surface area contributed by atoms with E-state index >= 15 is 0 Å². The van der Waals surface area contributed by atoms with E-state index in [0.717, 1.165) is 39.8 Å². The standard InChI is InChI=1S/C80H81N3/c1-6-8-10-12-14-24-52-80(53-25-15-13-11-9-7-2)76-55-60(5)59(4)54-75(76)72-50-38-63(56-77(72)80)61-34-42-68(43-35-61)82(67-40-32-58(3)33-41-67)69-44-36-62(37-45-69)64-39-51-74-73-30-22-23-31-78(73)83(79(74)57-64)71-48-46-70(47-49-71)81(65-26-18-16-19-27-65)66-28-20-17-21-29-66/h16-23,26-51,54-57H,6-15,24-25,52-53H2,1-5H3. The summed E-state index contributed by atoms with van der Waals surface area (Å²) in [7, 11) is 0. The number of aryl methyl sites for hydroxylation is 3. The first-order valence-corrected chi connectivity index (χ1v) is 31.2. The van der Waals surface area contributed by atoms with Crippen LogP contribution in [0.15, 0.2) is 231 Å². The lowest BCUT2D eigenvalue weighted by Gasteiger charge is -2.33. The van der Waals surface area contributed by atoms with Gasteiger partial charge in [0.25, 0.3) is 0 Å². The molecule has 1 aromatic heterocycles. The molecule has 416 valence electrons. The van der Waals surface area contributed by atoms with Gasteiger partial charge in [0.15, 0.2) is 0 Å². The van der Waals surface area contributed by atoms with Crippen LogP contribution in [0.3, 0.4) is 0 Å². The van der Waals surface area contributed by atoms with E-state index in [4.69, 9.17) is 0 Å². The topological polar surface area (TPSA) is 11.4 Å². The van der Waals surface area contributed by atoms with Crippen molar-refractivity contribution in [2.24, 2.45) is 0 Å². The molecule has 1 heterocycles. The second kappa shape index (κ2) is 25.0. The minimum absolute atomic E-state index is 0.0361. The van der Waals surface area contributed by atoms with E-state index in [2.05, 4.69) is 280 Å². The first kappa shape index (κ1) is 55.2. The largest absolute Gasteiger partial charge is 0.311 e. The maximum absolute atomic E-state index is 2.61. The summed E-state index contributed by atoms with van der Waals surface area (Å²) in [6, 6.07) is 86.2. The molecule has 11 aromatic rings. The van der Waals surface area contributed by atoms with E-state index in [-0.39, 0.29) is 5.41 Å². The molecule has 0 radical (unpaired) electrons. The lowest BCUT2D eigenvalue weighted by molar-refractivity contribution is 0.397. The van der Waals surface area contributed by atoms with Gasteiger partial charge in [-0.05, 0) is 192 Å². The van der Waals surface area contributed by atoms with Crippen molar-refractivity contribution < 1.29 is 0 Å². The van der Waals surface area contributed by atoms with Crippen molar-refractivity contribution in [3.8, 4) is 39.1 Å². The molecule has 0 saturated carbocycles. The van der Waals surface area contributed by atoms with E-state index in [1.54, 1.807) is 11.1 Å². The molecular weight excluding hydrogens is 1000 g/mol. The maximum Gasteiger partial charge on any atom is 0.0547 e. The Morgan fingerprint density at radius 3 is 1.31 bits per heavy atom. The zero-order valence-corrected chi connectivity index (χ0v) is 49.7. The lowest BCUT2D eigenvalue weighted by Crippen LogP contribution is -2.26. The fourth-order valence-corrected chi connectivity index (χ4v) is 13.5. The first-order chi connectivity index (χ1) is 40.8. The average molecular weight is 1080 g/mol. The molecule has 0 atom stereocenters. The molecule has 0 unspecified atom stereocenters. The zero-order chi connectivity index (χ0) is 56.7. The van der Waals surface area contributed by atoms with Crippen LogP contribution in [-0.4, -0.2) is 4.57 Å². The van der Waals surface area contributed by atoms with E-state index < -0.39 is 0 Å². The number of nitrogens with zero attached hydrogens (tertiary/aromatic N) is 3. The van der Waals surface area contributed by atoms with Gasteiger partial charge in [-0.15, -0.1) is 0 Å². The van der Waals surface area contributed by atoms with Gasteiger partial charge in [0, 0.05) is 56.0 Å². The second-order valence-corrected chi connectivity index (χ2v) is 23.7. The Kier molecular flexibility index (Phi) is 16.6. The van der Waals surface area contributed by atoms with Gasteiger partial charge in [-0.3, -0.25) is 0 Å². The molecule has 0 aliphatic heterocycles. The molecule has 0 amide bonds. The van der Waals surface area contributed by atoms with Crippen LogP contribution in [0.5, 0.6) is 0 Å². The van der Waals surface area contributed by atoms with Crippen molar-refractivity contribution in [2.45, 2.75) is 130 Å². The highest BCUT2D eigenvalue weighted by Crippen LogP contribution is 2.56. The summed E-state index contributed by atoms with van der Waals surface area (Å²) in [5, 5.41) is 2.49. The summed E-state index contributed by atoms with van der Waals surface area (Å²) in [6.45, 7) is 11.4. The van der Waals surface area contributed by atoms with Crippen molar-refractivity contribution in [3.63, 3.8) is 0 Å². The predicted molar refractivity (Wildman–Crippen MR) is 357 cm³/mol. The molecule has 0 spiro atoms. The smallest absolute Gasteiger partial charge is 0.0547 e. The van der Waals surface area contributed by atoms with Crippen molar-refractivity contribution in [1.29, 1.82) is 0 Å². The monoisotopic (exact) mass is 1080 g/mol. The average Bonchev–Trinajstić information content (AvgIpc) is 1.93. The minimum atomic E-state index is 0.0361. The Bertz CT molecular complexity index is 3890. The molecule has 1 aliphatic carbocycles. The molecule has 3 heteroatoms. The van der Waals surface area contributed by atoms with Crippen LogP contribution in [0.1, 0.15) is 132 Å². The molecule has 1 aliphatic rings. The highest BCUT2D eigenvalue weighted by Gasteiger charge is 2.43. The van der Waals surface area contributed by atoms with Gasteiger partial charge in [0.05, 0.1) is 11.0 Å². The summed E-state index contributed by atoms with van der Waals surface area (Å²) >= 11 is 0. The van der Waals surface area contributed by atoms with Crippen LogP contribution < -0.4 is 9.80 Å². The van der Waals surface area contributed by atoms with Crippen LogP contribution in [-0.2, 0) is 5.41 Å². The van der Waals surface area contributed by atoms with Gasteiger partial charge in [-0.1, -0.05) is 224 Å². The van der Waals surface area contributed by atoms with E-state index in [9.17, 15) is 0 Å². The molecular formula is C80H81N3. The number of anilines is 6. The van der Waals surface area contributed by atoms with Crippen molar-refractivity contribution in [3.05, 3.63) is 258 Å². The highest BCUT2D eigenvalue weighted by molar-refractivity contribution is 6.10. The Labute approximate surface area is 494 Å². The Hall–Kier alpha value is -8.40. The third-order valence-corrected chi connectivity index (χ3v) is 18.2. The van der Waals surface area contributed by atoms with Crippen LogP contribution in [0.2, 0.25) is 0 Å². The normalized spacial score (nSPS) is 12.4. The quantitative estimate of drug-likeness (QED) is 0.0592. The van der Waals surface area contributed by atoms with Crippen LogP contribution in [0, 0.1) is 20.8 Å². The number of para-hydroxylation sites is 3. The van der Waals surface area contributed by atoms with Crippen molar-refractivity contribution >= 4 is 55.9 Å². The van der Waals surface area contributed by atoms with E-state index in [1.807, 2.05) is 0 Å². The number of fused-ring (bicyclic) bond motifs is 6. The fourth-order valence-electron chi connectivity index (χ4n) is 13.5. The number of hydrogen-bond acceptors (Lipinski definition) is 2. The van der Waals surface area contributed by atoms with Crippen molar-refractivity contribution in [2.75, 3.05) is 9.80 Å². The summed E-state index contributed by atoms with van der Waals surface area (Å²) in [5.74, 6) is 0. The first-order valence-electron chi connectivity index (χ1n) is 31.2. The number of hydrogen-bond donors (Lipinski definition) is 0. The van der Waals surface area contributed by atoms with Gasteiger partial charge < -0.3 is 14.4 Å². The lowest BCUT2D eigenvalue weighted by atomic mass is 9.70. The molecule has 0 fully saturated rings. The summed E-state index contributed by atoms with van der Waals surface area (Å²) in [6.07, 6.45) is 18.3. The van der Waals surface area contributed by atoms with Gasteiger partial charge in [0.2, 0.25) is 0 Å². The summed E-state index contributed by atoms with van der Waals surface area (Å²) < 4.78 is 2.43. The molecule has 83 heavy (non-hydrogen) atoms. The Balaban J connectivity index is 0.858. The summed E-state index contributed by atoms with van der Waals surface area (Å²) in [4.78, 5) is 4.73. The summed E-state index contributed by atoms with van der Waals surface area (Å²) in [5.41, 5.74) is 25.4. The van der Waals surface area contributed by atoms with E-state index in [1.165, 1.54) is 162 Å². The van der Waals surface area contributed by atoms with Crippen LogP contribution >= 0.6 is 0 Å². The molecule has 0 bridgehead atoms. The number of aromatic nitrogens is 1.